The van der Waals surface area contributed by atoms with Gasteiger partial charge in [0.25, 0.3) is 0 Å². The molecule has 0 unspecified atom stereocenters. The number of rotatable bonds is 5. The van der Waals surface area contributed by atoms with E-state index in [0.717, 1.165) is 71.7 Å². The van der Waals surface area contributed by atoms with Crippen molar-refractivity contribution >= 4 is 32.7 Å². The summed E-state index contributed by atoms with van der Waals surface area (Å²) < 4.78 is 6.53. The van der Waals surface area contributed by atoms with E-state index in [1.165, 1.54) is 0 Å². The fourth-order valence-corrected chi connectivity index (χ4v) is 6.25. The minimum Gasteiger partial charge on any atom is -0.456 e. The third-order valence-corrected chi connectivity index (χ3v) is 8.59. The van der Waals surface area contributed by atoms with Crippen LogP contribution in [0.15, 0.2) is 162 Å². The van der Waals surface area contributed by atoms with Crippen LogP contribution in [0.2, 0.25) is 0 Å². The number of benzene rings is 6. The Morgan fingerprint density at radius 2 is 0.957 bits per heavy atom. The molecule has 0 amide bonds. The number of hydrogen-bond donors (Lipinski definition) is 0. The Morgan fingerprint density at radius 1 is 0.404 bits per heavy atom. The van der Waals surface area contributed by atoms with Crippen LogP contribution in [0.3, 0.4) is 0 Å². The topological polar surface area (TPSA) is 64.7 Å². The molecule has 9 rings (SSSR count). The highest BCUT2D eigenvalue weighted by atomic mass is 16.3. The predicted molar refractivity (Wildman–Crippen MR) is 190 cm³/mol. The zero-order chi connectivity index (χ0) is 31.2. The van der Waals surface area contributed by atoms with Gasteiger partial charge in [0.05, 0.1) is 0 Å². The highest BCUT2D eigenvalue weighted by Crippen LogP contribution is 2.41. The quantitative estimate of drug-likeness (QED) is 0.196. The Balaban J connectivity index is 1.21. The molecule has 0 saturated heterocycles. The number of pyridine rings is 1. The van der Waals surface area contributed by atoms with Crippen molar-refractivity contribution in [1.82, 2.24) is 19.9 Å². The van der Waals surface area contributed by atoms with Crippen LogP contribution < -0.4 is 0 Å². The second-order valence-corrected chi connectivity index (χ2v) is 11.6. The van der Waals surface area contributed by atoms with Crippen molar-refractivity contribution in [1.29, 1.82) is 0 Å². The lowest BCUT2D eigenvalue weighted by atomic mass is 9.93. The molecule has 220 valence electrons. The molecule has 47 heavy (non-hydrogen) atoms. The highest BCUT2D eigenvalue weighted by molar-refractivity contribution is 6.16. The number of fused-ring (bicyclic) bond motifs is 4. The Bertz CT molecular complexity index is 2490. The molecule has 0 aliphatic carbocycles. The van der Waals surface area contributed by atoms with E-state index in [-0.39, 0.29) is 0 Å². The summed E-state index contributed by atoms with van der Waals surface area (Å²) in [5.41, 5.74) is 8.91. The summed E-state index contributed by atoms with van der Waals surface area (Å²) in [4.78, 5) is 19.0. The molecule has 6 aromatic carbocycles. The normalized spacial score (nSPS) is 11.4. The number of aromatic nitrogens is 4. The summed E-state index contributed by atoms with van der Waals surface area (Å²) >= 11 is 0. The standard InChI is InChI=1S/C42H26N4O/c1-4-10-27(11-5-1)33-23-35(39-36-22-32-20-21-43-26-34(32)25-37(36)47-38(39)24-33)28-16-18-31(19-17-28)42-45-40(29-12-6-2-7-13-29)44-41(46-42)30-14-8-3-9-15-30/h1-26H. The Morgan fingerprint density at radius 3 is 1.57 bits per heavy atom. The molecule has 3 heterocycles. The van der Waals surface area contributed by atoms with Crippen molar-refractivity contribution in [2.45, 2.75) is 0 Å². The van der Waals surface area contributed by atoms with Crippen LogP contribution in [0.5, 0.6) is 0 Å². The summed E-state index contributed by atoms with van der Waals surface area (Å²) in [5, 5.41) is 4.34. The molecule has 0 saturated carbocycles. The van der Waals surface area contributed by atoms with Gasteiger partial charge in [0.1, 0.15) is 11.2 Å². The molecule has 0 aliphatic rings. The summed E-state index contributed by atoms with van der Waals surface area (Å²) in [6, 6.07) is 49.8. The second kappa shape index (κ2) is 11.2. The van der Waals surface area contributed by atoms with Crippen LogP contribution >= 0.6 is 0 Å². The third kappa shape index (κ3) is 4.91. The molecule has 0 radical (unpaired) electrons. The van der Waals surface area contributed by atoms with Gasteiger partial charge in [-0.05, 0) is 58.0 Å². The van der Waals surface area contributed by atoms with Crippen LogP contribution in [-0.4, -0.2) is 19.9 Å². The van der Waals surface area contributed by atoms with Gasteiger partial charge in [-0.25, -0.2) is 15.0 Å². The molecule has 0 bridgehead atoms. The molecule has 0 spiro atoms. The highest BCUT2D eigenvalue weighted by Gasteiger charge is 2.17. The SMILES string of the molecule is c1ccc(-c2cc(-c3ccc(-c4nc(-c5ccccc5)nc(-c5ccccc5)n4)cc3)c3c(c2)oc2cc4cnccc4cc23)cc1. The molecule has 0 N–H and O–H groups in total. The maximum Gasteiger partial charge on any atom is 0.164 e. The Hall–Kier alpha value is -6.46. The first-order chi connectivity index (χ1) is 23.3. The zero-order valence-corrected chi connectivity index (χ0v) is 25.2. The monoisotopic (exact) mass is 602 g/mol. The van der Waals surface area contributed by atoms with Crippen molar-refractivity contribution in [3.05, 3.63) is 158 Å². The van der Waals surface area contributed by atoms with Gasteiger partial charge < -0.3 is 4.42 Å². The molecule has 0 aliphatic heterocycles. The summed E-state index contributed by atoms with van der Waals surface area (Å²) in [6.07, 6.45) is 3.71. The van der Waals surface area contributed by atoms with Crippen molar-refractivity contribution in [2.75, 3.05) is 0 Å². The molecule has 5 heteroatoms. The van der Waals surface area contributed by atoms with Gasteiger partial charge >= 0.3 is 0 Å². The fourth-order valence-electron chi connectivity index (χ4n) is 6.25. The van der Waals surface area contributed by atoms with E-state index in [4.69, 9.17) is 19.4 Å². The van der Waals surface area contributed by atoms with Crippen molar-refractivity contribution in [2.24, 2.45) is 0 Å². The van der Waals surface area contributed by atoms with E-state index < -0.39 is 0 Å². The van der Waals surface area contributed by atoms with Gasteiger partial charge in [0.15, 0.2) is 17.5 Å². The van der Waals surface area contributed by atoms with E-state index >= 15 is 0 Å². The smallest absolute Gasteiger partial charge is 0.164 e. The molecule has 0 atom stereocenters. The molecule has 5 nitrogen and oxygen atoms in total. The molecular weight excluding hydrogens is 576 g/mol. The summed E-state index contributed by atoms with van der Waals surface area (Å²) in [7, 11) is 0. The largest absolute Gasteiger partial charge is 0.456 e. The van der Waals surface area contributed by atoms with Gasteiger partial charge in [0, 0.05) is 45.2 Å². The van der Waals surface area contributed by atoms with Crippen molar-refractivity contribution < 1.29 is 4.42 Å². The molecule has 3 aromatic heterocycles. The first-order valence-corrected chi connectivity index (χ1v) is 15.5. The summed E-state index contributed by atoms with van der Waals surface area (Å²) in [5.74, 6) is 1.91. The van der Waals surface area contributed by atoms with Crippen LogP contribution in [0, 0.1) is 0 Å². The van der Waals surface area contributed by atoms with Gasteiger partial charge in [-0.2, -0.15) is 0 Å². The fraction of sp³-hybridized carbons (Fsp3) is 0. The number of hydrogen-bond acceptors (Lipinski definition) is 5. The maximum atomic E-state index is 6.53. The second-order valence-electron chi connectivity index (χ2n) is 11.6. The Kier molecular flexibility index (Phi) is 6.39. The molecule has 0 fully saturated rings. The minimum atomic E-state index is 0.626. The first-order valence-electron chi connectivity index (χ1n) is 15.5. The number of furan rings is 1. The van der Waals surface area contributed by atoms with Gasteiger partial charge in [-0.15, -0.1) is 0 Å². The van der Waals surface area contributed by atoms with E-state index in [1.807, 2.05) is 85.2 Å². The number of nitrogens with zero attached hydrogens (tertiary/aromatic N) is 4. The van der Waals surface area contributed by atoms with Gasteiger partial charge in [0.2, 0.25) is 0 Å². The van der Waals surface area contributed by atoms with Crippen LogP contribution in [-0.2, 0) is 0 Å². The van der Waals surface area contributed by atoms with E-state index in [2.05, 4.69) is 77.8 Å². The average Bonchev–Trinajstić information content (AvgIpc) is 3.51. The molecule has 9 aromatic rings. The van der Waals surface area contributed by atoms with Crippen LogP contribution in [0.25, 0.3) is 89.1 Å². The lowest BCUT2D eigenvalue weighted by Gasteiger charge is -2.11. The third-order valence-electron chi connectivity index (χ3n) is 8.59. The summed E-state index contributed by atoms with van der Waals surface area (Å²) in [6.45, 7) is 0. The maximum absolute atomic E-state index is 6.53. The van der Waals surface area contributed by atoms with E-state index in [0.29, 0.717) is 17.5 Å². The lowest BCUT2D eigenvalue weighted by molar-refractivity contribution is 0.669. The van der Waals surface area contributed by atoms with Crippen molar-refractivity contribution in [3.8, 4) is 56.4 Å². The Labute approximate surface area is 270 Å². The lowest BCUT2D eigenvalue weighted by Crippen LogP contribution is -2.00. The average molecular weight is 603 g/mol. The van der Waals surface area contributed by atoms with Crippen LogP contribution in [0.4, 0.5) is 0 Å². The first kappa shape index (κ1) is 26.9. The predicted octanol–water partition coefficient (Wildman–Crippen LogP) is 10.7. The zero-order valence-electron chi connectivity index (χ0n) is 25.2. The van der Waals surface area contributed by atoms with Crippen molar-refractivity contribution in [3.63, 3.8) is 0 Å². The van der Waals surface area contributed by atoms with E-state index in [1.54, 1.807) is 0 Å². The van der Waals surface area contributed by atoms with Crippen LogP contribution in [0.1, 0.15) is 0 Å². The van der Waals surface area contributed by atoms with E-state index in [9.17, 15) is 0 Å². The van der Waals surface area contributed by atoms with Gasteiger partial charge in [-0.3, -0.25) is 4.98 Å². The van der Waals surface area contributed by atoms with Gasteiger partial charge in [-0.1, -0.05) is 115 Å². The molecular formula is C42H26N4O. The minimum absolute atomic E-state index is 0.626.